The Morgan fingerprint density at radius 1 is 0.920 bits per heavy atom. The SMILES string of the molecule is O=C(Nc1ccccc1NCc1c(Cl)cccc1Cl)c1cccnc1. The zero-order valence-corrected chi connectivity index (χ0v) is 14.7. The number of benzene rings is 2. The molecule has 1 heterocycles. The highest BCUT2D eigenvalue weighted by Crippen LogP contribution is 2.27. The van der Waals surface area contributed by atoms with Crippen LogP contribution in [-0.4, -0.2) is 10.9 Å². The van der Waals surface area contributed by atoms with Crippen molar-refractivity contribution in [1.29, 1.82) is 0 Å². The van der Waals surface area contributed by atoms with Gasteiger partial charge in [0.1, 0.15) is 0 Å². The standard InChI is InChI=1S/C19H15Cl2N3O/c20-15-6-3-7-16(21)14(15)12-23-17-8-1-2-9-18(17)24-19(25)13-5-4-10-22-11-13/h1-11,23H,12H2,(H,24,25). The molecule has 3 aromatic rings. The molecule has 0 aliphatic rings. The molecule has 0 saturated carbocycles. The monoisotopic (exact) mass is 371 g/mol. The smallest absolute Gasteiger partial charge is 0.257 e. The van der Waals surface area contributed by atoms with E-state index in [9.17, 15) is 4.79 Å². The molecule has 6 heteroatoms. The summed E-state index contributed by atoms with van der Waals surface area (Å²) in [6.45, 7) is 0.443. The number of nitrogens with zero attached hydrogens (tertiary/aromatic N) is 1. The zero-order chi connectivity index (χ0) is 17.6. The highest BCUT2D eigenvalue weighted by atomic mass is 35.5. The van der Waals surface area contributed by atoms with Crippen LogP contribution >= 0.6 is 23.2 Å². The van der Waals surface area contributed by atoms with Crippen molar-refractivity contribution in [2.24, 2.45) is 0 Å². The number of aromatic nitrogens is 1. The molecule has 3 rings (SSSR count). The number of nitrogens with one attached hydrogen (secondary N) is 2. The summed E-state index contributed by atoms with van der Waals surface area (Å²) in [5, 5.41) is 7.34. The van der Waals surface area contributed by atoms with Crippen LogP contribution in [0.25, 0.3) is 0 Å². The van der Waals surface area contributed by atoms with Gasteiger partial charge in [0.2, 0.25) is 0 Å². The molecule has 0 fully saturated rings. The van der Waals surface area contributed by atoms with Crippen molar-refractivity contribution < 1.29 is 4.79 Å². The van der Waals surface area contributed by atoms with Crippen molar-refractivity contribution in [3.05, 3.63) is 88.2 Å². The molecular weight excluding hydrogens is 357 g/mol. The second-order valence-electron chi connectivity index (χ2n) is 5.30. The third-order valence-electron chi connectivity index (χ3n) is 3.62. The average Bonchev–Trinajstić information content (AvgIpc) is 2.63. The van der Waals surface area contributed by atoms with E-state index in [1.807, 2.05) is 24.3 Å². The minimum absolute atomic E-state index is 0.224. The third-order valence-corrected chi connectivity index (χ3v) is 4.32. The minimum atomic E-state index is -0.224. The third kappa shape index (κ3) is 4.29. The first-order valence-electron chi connectivity index (χ1n) is 7.62. The van der Waals surface area contributed by atoms with Crippen molar-refractivity contribution in [3.8, 4) is 0 Å². The number of carbonyl (C=O) groups is 1. The number of amides is 1. The van der Waals surface area contributed by atoms with E-state index in [1.54, 1.807) is 36.5 Å². The normalized spacial score (nSPS) is 10.3. The topological polar surface area (TPSA) is 54.0 Å². The number of anilines is 2. The van der Waals surface area contributed by atoms with Gasteiger partial charge in [0.15, 0.2) is 0 Å². The lowest BCUT2D eigenvalue weighted by Gasteiger charge is -2.14. The Labute approximate surface area is 155 Å². The van der Waals surface area contributed by atoms with Crippen molar-refractivity contribution in [2.75, 3.05) is 10.6 Å². The van der Waals surface area contributed by atoms with Gasteiger partial charge in [0.05, 0.1) is 16.9 Å². The van der Waals surface area contributed by atoms with Crippen LogP contribution in [0.2, 0.25) is 10.0 Å². The van der Waals surface area contributed by atoms with Crippen LogP contribution in [0.4, 0.5) is 11.4 Å². The van der Waals surface area contributed by atoms with E-state index in [4.69, 9.17) is 23.2 Å². The number of pyridine rings is 1. The highest BCUT2D eigenvalue weighted by molar-refractivity contribution is 6.36. The van der Waals surface area contributed by atoms with Crippen LogP contribution in [0.5, 0.6) is 0 Å². The van der Waals surface area contributed by atoms with Crippen molar-refractivity contribution in [3.63, 3.8) is 0 Å². The van der Waals surface area contributed by atoms with Gasteiger partial charge in [-0.2, -0.15) is 0 Å². The molecule has 0 atom stereocenters. The Hall–Kier alpha value is -2.56. The van der Waals surface area contributed by atoms with Crippen molar-refractivity contribution in [2.45, 2.75) is 6.54 Å². The van der Waals surface area contributed by atoms with Crippen molar-refractivity contribution >= 4 is 40.5 Å². The second-order valence-corrected chi connectivity index (χ2v) is 6.11. The fourth-order valence-electron chi connectivity index (χ4n) is 2.32. The summed E-state index contributed by atoms with van der Waals surface area (Å²) in [7, 11) is 0. The molecule has 126 valence electrons. The number of halogens is 2. The van der Waals surface area contributed by atoms with E-state index < -0.39 is 0 Å². The molecule has 0 bridgehead atoms. The predicted molar refractivity (Wildman–Crippen MR) is 102 cm³/mol. The number of rotatable bonds is 5. The Morgan fingerprint density at radius 3 is 2.32 bits per heavy atom. The number of para-hydroxylation sites is 2. The van der Waals surface area contributed by atoms with E-state index >= 15 is 0 Å². The van der Waals surface area contributed by atoms with E-state index in [1.165, 1.54) is 6.20 Å². The summed E-state index contributed by atoms with van der Waals surface area (Å²) < 4.78 is 0. The lowest BCUT2D eigenvalue weighted by molar-refractivity contribution is 0.102. The molecule has 0 aliphatic carbocycles. The Morgan fingerprint density at radius 2 is 1.64 bits per heavy atom. The van der Waals surface area contributed by atoms with E-state index in [-0.39, 0.29) is 5.91 Å². The largest absolute Gasteiger partial charge is 0.379 e. The molecule has 0 spiro atoms. The van der Waals surface area contributed by atoms with E-state index in [0.29, 0.717) is 27.8 Å². The summed E-state index contributed by atoms with van der Waals surface area (Å²) in [5.74, 6) is -0.224. The van der Waals surface area contributed by atoms with Gasteiger partial charge in [0, 0.05) is 34.5 Å². The molecule has 2 aromatic carbocycles. The van der Waals surface area contributed by atoms with Gasteiger partial charge in [-0.25, -0.2) is 0 Å². The molecule has 0 aliphatic heterocycles. The van der Waals surface area contributed by atoms with Crippen LogP contribution in [0.3, 0.4) is 0 Å². The molecular formula is C19H15Cl2N3O. The van der Waals surface area contributed by atoms with Gasteiger partial charge in [0.25, 0.3) is 5.91 Å². The summed E-state index contributed by atoms with van der Waals surface area (Å²) in [6, 6.07) is 16.3. The maximum atomic E-state index is 12.3. The van der Waals surface area contributed by atoms with E-state index in [2.05, 4.69) is 15.6 Å². The highest BCUT2D eigenvalue weighted by Gasteiger charge is 2.10. The lowest BCUT2D eigenvalue weighted by Crippen LogP contribution is -2.14. The van der Waals surface area contributed by atoms with Gasteiger partial charge in [-0.1, -0.05) is 41.4 Å². The fourth-order valence-corrected chi connectivity index (χ4v) is 2.85. The Kier molecular flexibility index (Phi) is 5.53. The quantitative estimate of drug-likeness (QED) is 0.643. The molecule has 25 heavy (non-hydrogen) atoms. The molecule has 1 aromatic heterocycles. The minimum Gasteiger partial charge on any atom is -0.379 e. The first kappa shape index (κ1) is 17.3. The number of hydrogen-bond acceptors (Lipinski definition) is 3. The summed E-state index contributed by atoms with van der Waals surface area (Å²) in [5.41, 5.74) is 2.74. The molecule has 1 amide bonds. The molecule has 0 unspecified atom stereocenters. The first-order chi connectivity index (χ1) is 12.1. The Balaban J connectivity index is 1.76. The van der Waals surface area contributed by atoms with Gasteiger partial charge < -0.3 is 10.6 Å². The summed E-state index contributed by atoms with van der Waals surface area (Å²) in [4.78, 5) is 16.3. The molecule has 0 radical (unpaired) electrons. The molecule has 4 nitrogen and oxygen atoms in total. The second kappa shape index (κ2) is 8.01. The number of carbonyl (C=O) groups excluding carboxylic acids is 1. The van der Waals surface area contributed by atoms with Crippen LogP contribution in [-0.2, 0) is 6.54 Å². The molecule has 0 saturated heterocycles. The Bertz CT molecular complexity index is 865. The fraction of sp³-hybridized carbons (Fsp3) is 0.0526. The summed E-state index contributed by atoms with van der Waals surface area (Å²) >= 11 is 12.4. The van der Waals surface area contributed by atoms with Gasteiger partial charge in [-0.15, -0.1) is 0 Å². The predicted octanol–water partition coefficient (Wildman–Crippen LogP) is 5.25. The van der Waals surface area contributed by atoms with Crippen LogP contribution < -0.4 is 10.6 Å². The maximum absolute atomic E-state index is 12.3. The first-order valence-corrected chi connectivity index (χ1v) is 8.38. The van der Waals surface area contributed by atoms with Crippen LogP contribution in [0, 0.1) is 0 Å². The average molecular weight is 372 g/mol. The van der Waals surface area contributed by atoms with Crippen LogP contribution in [0.1, 0.15) is 15.9 Å². The zero-order valence-electron chi connectivity index (χ0n) is 13.2. The van der Waals surface area contributed by atoms with Gasteiger partial charge in [-0.05, 0) is 36.4 Å². The van der Waals surface area contributed by atoms with Gasteiger partial charge in [-0.3, -0.25) is 9.78 Å². The van der Waals surface area contributed by atoms with Crippen LogP contribution in [0.15, 0.2) is 67.0 Å². The number of hydrogen-bond donors (Lipinski definition) is 2. The molecule has 2 N–H and O–H groups in total. The van der Waals surface area contributed by atoms with Crippen molar-refractivity contribution in [1.82, 2.24) is 4.98 Å². The van der Waals surface area contributed by atoms with Gasteiger partial charge >= 0.3 is 0 Å². The van der Waals surface area contributed by atoms with E-state index in [0.717, 1.165) is 11.3 Å². The summed E-state index contributed by atoms with van der Waals surface area (Å²) in [6.07, 6.45) is 3.15. The maximum Gasteiger partial charge on any atom is 0.257 e. The lowest BCUT2D eigenvalue weighted by atomic mass is 10.2.